The van der Waals surface area contributed by atoms with Crippen molar-refractivity contribution < 1.29 is 0 Å². The Morgan fingerprint density at radius 1 is 0.654 bits per heavy atom. The van der Waals surface area contributed by atoms with Crippen molar-refractivity contribution in [2.24, 2.45) is 0 Å². The minimum atomic E-state index is -0.138. The maximum atomic E-state index is 2.50. The molecule has 3 aromatic carbocycles. The first-order valence-corrected chi connectivity index (χ1v) is 9.54. The monoisotopic (exact) mass is 332 g/mol. The molecule has 1 unspecified atom stereocenters. The molecule has 0 bridgehead atoms. The summed E-state index contributed by atoms with van der Waals surface area (Å²) >= 11 is 0. The summed E-state index contributed by atoms with van der Waals surface area (Å²) in [7, 11) is 0. The highest BCUT2D eigenvalue weighted by Crippen LogP contribution is 2.64. The molecule has 0 saturated carbocycles. The molecule has 0 fully saturated rings. The molecule has 3 aromatic rings. The Hall–Kier alpha value is -2.86. The van der Waals surface area contributed by atoms with Crippen molar-refractivity contribution in [1.82, 2.24) is 0 Å². The Labute approximate surface area is 154 Å². The van der Waals surface area contributed by atoms with Crippen molar-refractivity contribution in [2.45, 2.75) is 25.2 Å². The minimum absolute atomic E-state index is 0.138. The van der Waals surface area contributed by atoms with Gasteiger partial charge < -0.3 is 0 Å². The van der Waals surface area contributed by atoms with Gasteiger partial charge in [-0.15, -0.1) is 0 Å². The van der Waals surface area contributed by atoms with Crippen LogP contribution in [0.4, 0.5) is 0 Å². The number of rotatable bonds is 0. The number of hydrogen-bond donors (Lipinski definition) is 0. The molecule has 3 aliphatic carbocycles. The van der Waals surface area contributed by atoms with Crippen LogP contribution < -0.4 is 0 Å². The second-order valence-corrected chi connectivity index (χ2v) is 7.70. The second kappa shape index (κ2) is 4.86. The van der Waals surface area contributed by atoms with E-state index in [1.165, 1.54) is 50.1 Å². The van der Waals surface area contributed by atoms with Crippen LogP contribution in [0.5, 0.6) is 0 Å². The molecule has 0 radical (unpaired) electrons. The van der Waals surface area contributed by atoms with E-state index in [0.717, 1.165) is 12.8 Å². The molecular formula is C26H20. The molecule has 0 aliphatic heterocycles. The van der Waals surface area contributed by atoms with Gasteiger partial charge in [-0.25, -0.2) is 0 Å². The zero-order valence-electron chi connectivity index (χ0n) is 14.9. The number of hydrogen-bond acceptors (Lipinski definition) is 0. The Balaban J connectivity index is 1.84. The van der Waals surface area contributed by atoms with E-state index in [1.54, 1.807) is 0 Å². The highest BCUT2D eigenvalue weighted by Gasteiger charge is 2.53. The van der Waals surface area contributed by atoms with Crippen molar-refractivity contribution in [1.29, 1.82) is 0 Å². The van der Waals surface area contributed by atoms with E-state index in [0.29, 0.717) is 0 Å². The summed E-state index contributed by atoms with van der Waals surface area (Å²) in [5.41, 5.74) is 12.7. The molecule has 0 heteroatoms. The summed E-state index contributed by atoms with van der Waals surface area (Å²) in [6, 6.07) is 25.1. The maximum absolute atomic E-state index is 2.50. The van der Waals surface area contributed by atoms with Crippen LogP contribution in [-0.4, -0.2) is 0 Å². The average molecular weight is 332 g/mol. The molecule has 1 spiro atoms. The van der Waals surface area contributed by atoms with Gasteiger partial charge in [0.15, 0.2) is 0 Å². The lowest BCUT2D eigenvalue weighted by atomic mass is 9.69. The van der Waals surface area contributed by atoms with E-state index in [2.05, 4.69) is 85.8 Å². The molecule has 0 amide bonds. The van der Waals surface area contributed by atoms with E-state index >= 15 is 0 Å². The smallest absolute Gasteiger partial charge is 0.0722 e. The highest BCUT2D eigenvalue weighted by atomic mass is 14.5. The van der Waals surface area contributed by atoms with Gasteiger partial charge in [0.2, 0.25) is 0 Å². The second-order valence-electron chi connectivity index (χ2n) is 7.70. The van der Waals surface area contributed by atoms with Crippen LogP contribution in [0.3, 0.4) is 0 Å². The van der Waals surface area contributed by atoms with Crippen LogP contribution in [0.15, 0.2) is 84.5 Å². The van der Waals surface area contributed by atoms with E-state index < -0.39 is 0 Å². The first-order valence-electron chi connectivity index (χ1n) is 9.54. The maximum Gasteiger partial charge on any atom is 0.0722 e. The molecule has 0 N–H and O–H groups in total. The number of allylic oxidation sites excluding steroid dienone is 4. The molecule has 0 aromatic heterocycles. The quantitative estimate of drug-likeness (QED) is 0.445. The Morgan fingerprint density at radius 2 is 1.31 bits per heavy atom. The number of aryl methyl sites for hydroxylation is 1. The Bertz CT molecular complexity index is 1140. The van der Waals surface area contributed by atoms with Gasteiger partial charge in [-0.1, -0.05) is 84.4 Å². The summed E-state index contributed by atoms with van der Waals surface area (Å²) < 4.78 is 0. The third-order valence-electron chi connectivity index (χ3n) is 6.38. The summed E-state index contributed by atoms with van der Waals surface area (Å²) in [6.07, 6.45) is 7.24. The molecule has 3 aliphatic rings. The predicted octanol–water partition coefficient (Wildman–Crippen LogP) is 6.43. The van der Waals surface area contributed by atoms with Crippen LogP contribution >= 0.6 is 0 Å². The van der Waals surface area contributed by atoms with Gasteiger partial charge in [-0.05, 0) is 64.3 Å². The van der Waals surface area contributed by atoms with Gasteiger partial charge >= 0.3 is 0 Å². The van der Waals surface area contributed by atoms with E-state index in [4.69, 9.17) is 0 Å². The fourth-order valence-corrected chi connectivity index (χ4v) is 5.45. The lowest BCUT2D eigenvalue weighted by Gasteiger charge is -2.31. The van der Waals surface area contributed by atoms with Crippen LogP contribution in [0.1, 0.15) is 40.7 Å². The lowest BCUT2D eigenvalue weighted by molar-refractivity contribution is 0.781. The molecule has 0 heterocycles. The summed E-state index contributed by atoms with van der Waals surface area (Å²) in [4.78, 5) is 0. The van der Waals surface area contributed by atoms with Crippen molar-refractivity contribution in [3.05, 3.63) is 112 Å². The topological polar surface area (TPSA) is 0 Å². The summed E-state index contributed by atoms with van der Waals surface area (Å²) in [5, 5.41) is 0. The molecule has 6 rings (SSSR count). The predicted molar refractivity (Wildman–Crippen MR) is 108 cm³/mol. The van der Waals surface area contributed by atoms with E-state index in [1.807, 2.05) is 0 Å². The highest BCUT2D eigenvalue weighted by molar-refractivity contribution is 6.00. The molecule has 0 nitrogen and oxygen atoms in total. The van der Waals surface area contributed by atoms with Crippen molar-refractivity contribution in [2.75, 3.05) is 0 Å². The summed E-state index contributed by atoms with van der Waals surface area (Å²) in [5.74, 6) is 0. The molecular weight excluding hydrogens is 312 g/mol. The fraction of sp³-hybridized carbons (Fsp3) is 0.154. The van der Waals surface area contributed by atoms with Crippen molar-refractivity contribution in [3.8, 4) is 11.1 Å². The van der Waals surface area contributed by atoms with Gasteiger partial charge in [0.25, 0.3) is 0 Å². The largest absolute Gasteiger partial charge is 0.0788 e. The molecule has 1 atom stereocenters. The van der Waals surface area contributed by atoms with Crippen molar-refractivity contribution >= 4 is 5.57 Å². The first-order chi connectivity index (χ1) is 12.8. The van der Waals surface area contributed by atoms with Crippen LogP contribution in [0, 0.1) is 6.92 Å². The normalized spacial score (nSPS) is 21.6. The lowest BCUT2D eigenvalue weighted by Crippen LogP contribution is -2.26. The standard InChI is InChI=1S/C26H20/c1-17-14-15-21-20-10-4-7-13-24(20)26(25(21)16-17)22-11-5-2-8-18(22)19-9-3-6-12-23(19)26/h2,4-5,7-16H,3,6H2,1H3. The Kier molecular flexibility index (Phi) is 2.68. The fourth-order valence-electron chi connectivity index (χ4n) is 5.45. The zero-order chi connectivity index (χ0) is 17.3. The number of benzene rings is 3. The SMILES string of the molecule is Cc1ccc2c(c1)C1(C3=CCCC=C3c3ccccc31)c1ccccc1-2. The first kappa shape index (κ1) is 14.3. The van der Waals surface area contributed by atoms with E-state index in [9.17, 15) is 0 Å². The van der Waals surface area contributed by atoms with Gasteiger partial charge in [0.05, 0.1) is 5.41 Å². The van der Waals surface area contributed by atoms with Crippen LogP contribution in [-0.2, 0) is 5.41 Å². The van der Waals surface area contributed by atoms with Gasteiger partial charge in [0.1, 0.15) is 0 Å². The van der Waals surface area contributed by atoms with Gasteiger partial charge in [0, 0.05) is 0 Å². The van der Waals surface area contributed by atoms with Crippen molar-refractivity contribution in [3.63, 3.8) is 0 Å². The third-order valence-corrected chi connectivity index (χ3v) is 6.38. The zero-order valence-corrected chi connectivity index (χ0v) is 14.9. The minimum Gasteiger partial charge on any atom is -0.0788 e. The van der Waals surface area contributed by atoms with Crippen LogP contribution in [0.2, 0.25) is 0 Å². The van der Waals surface area contributed by atoms with E-state index in [-0.39, 0.29) is 5.41 Å². The molecule has 0 saturated heterocycles. The Morgan fingerprint density at radius 3 is 2.15 bits per heavy atom. The number of fused-ring (bicyclic) bond motifs is 10. The molecule has 26 heavy (non-hydrogen) atoms. The average Bonchev–Trinajstić information content (AvgIpc) is 3.15. The van der Waals surface area contributed by atoms with Gasteiger partial charge in [-0.3, -0.25) is 0 Å². The third kappa shape index (κ3) is 1.52. The van der Waals surface area contributed by atoms with Crippen LogP contribution in [0.25, 0.3) is 16.7 Å². The van der Waals surface area contributed by atoms with Gasteiger partial charge in [-0.2, -0.15) is 0 Å². The molecule has 124 valence electrons. The summed E-state index contributed by atoms with van der Waals surface area (Å²) in [6.45, 7) is 2.21.